The van der Waals surface area contributed by atoms with Crippen LogP contribution in [0.15, 0.2) is 6.20 Å². The van der Waals surface area contributed by atoms with Gasteiger partial charge in [0.2, 0.25) is 0 Å². The van der Waals surface area contributed by atoms with E-state index in [2.05, 4.69) is 4.98 Å². The molecule has 1 aromatic heterocycles. The lowest BCUT2D eigenvalue weighted by Crippen LogP contribution is -2.11. The first-order valence-corrected chi connectivity index (χ1v) is 4.82. The van der Waals surface area contributed by atoms with Gasteiger partial charge in [-0.2, -0.15) is 0 Å². The van der Waals surface area contributed by atoms with Gasteiger partial charge in [-0.1, -0.05) is 0 Å². The summed E-state index contributed by atoms with van der Waals surface area (Å²) in [6, 6.07) is 0. The van der Waals surface area contributed by atoms with E-state index in [0.717, 1.165) is 0 Å². The van der Waals surface area contributed by atoms with Crippen molar-refractivity contribution in [1.82, 2.24) is 4.98 Å². The molecule has 1 aromatic rings. The molecule has 0 saturated carbocycles. The van der Waals surface area contributed by atoms with E-state index in [1.54, 1.807) is 0 Å². The van der Waals surface area contributed by atoms with Gasteiger partial charge in [0.1, 0.15) is 5.82 Å². The molecule has 4 nitrogen and oxygen atoms in total. The quantitative estimate of drug-likeness (QED) is 0.801. The third kappa shape index (κ3) is 2.57. The van der Waals surface area contributed by atoms with E-state index >= 15 is 0 Å². The van der Waals surface area contributed by atoms with Gasteiger partial charge in [0, 0.05) is 12.1 Å². The third-order valence-electron chi connectivity index (χ3n) is 2.04. The van der Waals surface area contributed by atoms with E-state index in [0.29, 0.717) is 0 Å². The van der Waals surface area contributed by atoms with E-state index in [1.165, 1.54) is 6.20 Å². The van der Waals surface area contributed by atoms with Crippen molar-refractivity contribution in [3.05, 3.63) is 22.9 Å². The summed E-state index contributed by atoms with van der Waals surface area (Å²) in [5.41, 5.74) is 4.96. The van der Waals surface area contributed by atoms with Gasteiger partial charge >= 0.3 is 5.97 Å². The van der Waals surface area contributed by atoms with Crippen LogP contribution in [0.5, 0.6) is 0 Å². The van der Waals surface area contributed by atoms with Crippen molar-refractivity contribution in [1.29, 1.82) is 0 Å². The maximum Gasteiger partial charge on any atom is 0.307 e. The Labute approximate surface area is 95.0 Å². The minimum absolute atomic E-state index is 0.0509. The molecule has 0 aliphatic rings. The van der Waals surface area contributed by atoms with Gasteiger partial charge in [0.25, 0.3) is 6.43 Å². The number of nitrogen functional groups attached to an aromatic ring is 1. The number of carbonyl (C=O) groups is 1. The number of nitrogens with two attached hydrogens (primary N) is 1. The Morgan fingerprint density at radius 3 is 2.69 bits per heavy atom. The molecule has 0 saturated heterocycles. The standard InChI is InChI=1S/C9H9ClF2N2O2/c10-2-4-3-14-9(13)7(8(11)12)5(4)1-6(15)16/h3,8H,1-2H2,(H2,13,14)(H,15,16). The summed E-state index contributed by atoms with van der Waals surface area (Å²) in [4.78, 5) is 14.1. The summed E-state index contributed by atoms with van der Waals surface area (Å²) in [7, 11) is 0. The largest absolute Gasteiger partial charge is 0.481 e. The predicted molar refractivity (Wildman–Crippen MR) is 54.5 cm³/mol. The van der Waals surface area contributed by atoms with Crippen LogP contribution in [-0.2, 0) is 17.1 Å². The van der Waals surface area contributed by atoms with Gasteiger partial charge in [0.05, 0.1) is 12.0 Å². The number of pyridine rings is 1. The zero-order chi connectivity index (χ0) is 12.3. The van der Waals surface area contributed by atoms with Crippen molar-refractivity contribution in [3.8, 4) is 0 Å². The average Bonchev–Trinajstić information content (AvgIpc) is 2.16. The van der Waals surface area contributed by atoms with Crippen LogP contribution in [0, 0.1) is 0 Å². The Morgan fingerprint density at radius 1 is 1.62 bits per heavy atom. The lowest BCUT2D eigenvalue weighted by Gasteiger charge is -2.12. The first kappa shape index (κ1) is 12.6. The summed E-state index contributed by atoms with van der Waals surface area (Å²) >= 11 is 5.53. The van der Waals surface area contributed by atoms with E-state index in [1.807, 2.05) is 0 Å². The highest BCUT2D eigenvalue weighted by Gasteiger charge is 2.22. The number of aromatic nitrogens is 1. The number of carboxylic acids is 1. The van der Waals surface area contributed by atoms with E-state index in [-0.39, 0.29) is 22.8 Å². The molecule has 16 heavy (non-hydrogen) atoms. The van der Waals surface area contributed by atoms with E-state index < -0.39 is 24.4 Å². The van der Waals surface area contributed by atoms with Crippen molar-refractivity contribution in [2.75, 3.05) is 5.73 Å². The number of rotatable bonds is 4. The van der Waals surface area contributed by atoms with Crippen molar-refractivity contribution < 1.29 is 18.7 Å². The van der Waals surface area contributed by atoms with Crippen LogP contribution in [0.25, 0.3) is 0 Å². The van der Waals surface area contributed by atoms with Gasteiger partial charge < -0.3 is 10.8 Å². The van der Waals surface area contributed by atoms with E-state index in [9.17, 15) is 13.6 Å². The Balaban J connectivity index is 3.36. The summed E-state index contributed by atoms with van der Waals surface area (Å²) in [5, 5.41) is 8.63. The molecule has 7 heteroatoms. The van der Waals surface area contributed by atoms with Gasteiger partial charge in [-0.15, -0.1) is 11.6 Å². The van der Waals surface area contributed by atoms with Crippen molar-refractivity contribution in [2.45, 2.75) is 18.7 Å². The maximum atomic E-state index is 12.7. The Morgan fingerprint density at radius 2 is 2.25 bits per heavy atom. The van der Waals surface area contributed by atoms with Crippen molar-refractivity contribution in [2.24, 2.45) is 0 Å². The highest BCUT2D eigenvalue weighted by Crippen LogP contribution is 2.30. The minimum Gasteiger partial charge on any atom is -0.481 e. The molecule has 0 radical (unpaired) electrons. The fourth-order valence-corrected chi connectivity index (χ4v) is 1.57. The fraction of sp³-hybridized carbons (Fsp3) is 0.333. The topological polar surface area (TPSA) is 76.2 Å². The Kier molecular flexibility index (Phi) is 4.00. The number of aliphatic carboxylic acids is 1. The zero-order valence-electron chi connectivity index (χ0n) is 8.08. The molecular formula is C9H9ClF2N2O2. The van der Waals surface area contributed by atoms with Crippen LogP contribution in [0.4, 0.5) is 14.6 Å². The lowest BCUT2D eigenvalue weighted by atomic mass is 10.0. The van der Waals surface area contributed by atoms with Crippen LogP contribution >= 0.6 is 11.6 Å². The van der Waals surface area contributed by atoms with Crippen LogP contribution < -0.4 is 5.73 Å². The minimum atomic E-state index is -2.87. The van der Waals surface area contributed by atoms with E-state index in [4.69, 9.17) is 22.4 Å². The number of carboxylic acid groups (broad SMARTS) is 1. The normalized spacial score (nSPS) is 10.8. The first-order chi connectivity index (χ1) is 7.47. The van der Waals surface area contributed by atoms with Gasteiger partial charge in [-0.05, 0) is 11.1 Å². The fourth-order valence-electron chi connectivity index (χ4n) is 1.34. The van der Waals surface area contributed by atoms with Crippen LogP contribution in [0.3, 0.4) is 0 Å². The molecule has 0 fully saturated rings. The molecule has 0 spiro atoms. The monoisotopic (exact) mass is 250 g/mol. The SMILES string of the molecule is Nc1ncc(CCl)c(CC(=O)O)c1C(F)F. The highest BCUT2D eigenvalue weighted by atomic mass is 35.5. The molecule has 0 aliphatic heterocycles. The number of nitrogens with zero attached hydrogens (tertiary/aromatic N) is 1. The first-order valence-electron chi connectivity index (χ1n) is 4.29. The molecular weight excluding hydrogens is 242 g/mol. The summed E-state index contributed by atoms with van der Waals surface area (Å²) in [6.07, 6.45) is -2.20. The van der Waals surface area contributed by atoms with Crippen molar-refractivity contribution in [3.63, 3.8) is 0 Å². The molecule has 0 amide bonds. The smallest absolute Gasteiger partial charge is 0.307 e. The van der Waals surface area contributed by atoms with Gasteiger partial charge in [-0.3, -0.25) is 4.79 Å². The second-order valence-electron chi connectivity index (χ2n) is 3.07. The maximum absolute atomic E-state index is 12.7. The number of anilines is 1. The third-order valence-corrected chi connectivity index (χ3v) is 2.33. The Bertz CT molecular complexity index is 413. The number of halogens is 3. The highest BCUT2D eigenvalue weighted by molar-refractivity contribution is 6.17. The summed E-state index contributed by atoms with van der Waals surface area (Å²) in [5.74, 6) is -1.67. The van der Waals surface area contributed by atoms with Crippen LogP contribution in [0.1, 0.15) is 23.1 Å². The van der Waals surface area contributed by atoms with Gasteiger partial charge in [0.15, 0.2) is 0 Å². The van der Waals surface area contributed by atoms with Crippen LogP contribution in [0.2, 0.25) is 0 Å². The molecule has 88 valence electrons. The molecule has 1 heterocycles. The van der Waals surface area contributed by atoms with Crippen LogP contribution in [-0.4, -0.2) is 16.1 Å². The number of hydrogen-bond acceptors (Lipinski definition) is 3. The molecule has 3 N–H and O–H groups in total. The summed E-state index contributed by atoms with van der Waals surface area (Å²) < 4.78 is 25.4. The average molecular weight is 251 g/mol. The lowest BCUT2D eigenvalue weighted by molar-refractivity contribution is -0.136. The second kappa shape index (κ2) is 5.07. The second-order valence-corrected chi connectivity index (χ2v) is 3.33. The molecule has 0 aromatic carbocycles. The predicted octanol–water partition coefficient (Wildman–Crippen LogP) is 1.97. The molecule has 0 unspecified atom stereocenters. The molecule has 0 atom stereocenters. The number of alkyl halides is 3. The molecule has 1 rings (SSSR count). The molecule has 0 aliphatic carbocycles. The number of hydrogen-bond donors (Lipinski definition) is 2. The molecule has 0 bridgehead atoms. The summed E-state index contributed by atoms with van der Waals surface area (Å²) in [6.45, 7) is 0. The Hall–Kier alpha value is -1.43. The van der Waals surface area contributed by atoms with Crippen molar-refractivity contribution >= 4 is 23.4 Å². The zero-order valence-corrected chi connectivity index (χ0v) is 8.84. The van der Waals surface area contributed by atoms with Gasteiger partial charge in [-0.25, -0.2) is 13.8 Å².